The molecule has 4 rings (SSSR count). The standard InChI is InChI=1S/C18H18N6OS/c1-10-16(11(2)23-22-10)12-3-4-14-15(7-12)26-18(20-14)21-17(25)13-5-6-24(8-13)9-19/h3-4,7,13H,5-6,8H2,1-2H3,(H,22,23)(H,20,21,25)/t13-/m0/s1. The Morgan fingerprint density at radius 3 is 3.00 bits per heavy atom. The van der Waals surface area contributed by atoms with Gasteiger partial charge >= 0.3 is 0 Å². The molecule has 1 fully saturated rings. The van der Waals surface area contributed by atoms with Gasteiger partial charge in [0.2, 0.25) is 5.91 Å². The summed E-state index contributed by atoms with van der Waals surface area (Å²) < 4.78 is 1.02. The minimum Gasteiger partial charge on any atom is -0.310 e. The highest BCUT2D eigenvalue weighted by Gasteiger charge is 2.28. The molecule has 2 N–H and O–H groups in total. The summed E-state index contributed by atoms with van der Waals surface area (Å²) in [6.07, 6.45) is 2.80. The number of nitrogens with one attached hydrogen (secondary N) is 2. The molecule has 1 aromatic carbocycles. The Morgan fingerprint density at radius 2 is 2.31 bits per heavy atom. The number of aromatic amines is 1. The van der Waals surface area contributed by atoms with Crippen molar-refractivity contribution >= 4 is 32.6 Å². The van der Waals surface area contributed by atoms with Crippen LogP contribution < -0.4 is 5.32 Å². The number of anilines is 1. The van der Waals surface area contributed by atoms with Crippen molar-refractivity contribution in [3.05, 3.63) is 29.6 Å². The van der Waals surface area contributed by atoms with Crippen LogP contribution in [0.15, 0.2) is 18.2 Å². The molecule has 1 atom stereocenters. The fourth-order valence-corrected chi connectivity index (χ4v) is 4.29. The molecule has 132 valence electrons. The number of aryl methyl sites for hydroxylation is 2. The van der Waals surface area contributed by atoms with Gasteiger partial charge in [0, 0.05) is 24.3 Å². The fraction of sp³-hybridized carbons (Fsp3) is 0.333. The smallest absolute Gasteiger partial charge is 0.231 e. The third kappa shape index (κ3) is 2.91. The van der Waals surface area contributed by atoms with E-state index in [0.717, 1.165) is 32.7 Å². The van der Waals surface area contributed by atoms with Gasteiger partial charge in [0.25, 0.3) is 0 Å². The van der Waals surface area contributed by atoms with Gasteiger partial charge in [-0.2, -0.15) is 10.4 Å². The molecule has 0 saturated carbocycles. The van der Waals surface area contributed by atoms with Crippen LogP contribution in [-0.4, -0.2) is 39.1 Å². The van der Waals surface area contributed by atoms with E-state index in [1.807, 2.05) is 26.0 Å². The summed E-state index contributed by atoms with van der Waals surface area (Å²) in [5, 5.41) is 19.7. The zero-order chi connectivity index (χ0) is 18.3. The van der Waals surface area contributed by atoms with Gasteiger partial charge in [0.15, 0.2) is 11.3 Å². The average molecular weight is 366 g/mol. The molecule has 1 aliphatic rings. The lowest BCUT2D eigenvalue weighted by atomic mass is 10.0. The molecule has 1 amide bonds. The number of hydrogen-bond donors (Lipinski definition) is 2. The summed E-state index contributed by atoms with van der Waals surface area (Å²) in [7, 11) is 0. The van der Waals surface area contributed by atoms with Gasteiger partial charge in [0.1, 0.15) is 0 Å². The van der Waals surface area contributed by atoms with Crippen molar-refractivity contribution in [1.29, 1.82) is 5.26 Å². The summed E-state index contributed by atoms with van der Waals surface area (Å²) in [5.41, 5.74) is 5.04. The Balaban J connectivity index is 1.57. The van der Waals surface area contributed by atoms with Crippen molar-refractivity contribution in [2.24, 2.45) is 5.92 Å². The zero-order valence-corrected chi connectivity index (χ0v) is 15.4. The van der Waals surface area contributed by atoms with Crippen molar-refractivity contribution in [2.45, 2.75) is 20.3 Å². The number of benzene rings is 1. The van der Waals surface area contributed by atoms with Crippen LogP contribution in [0.25, 0.3) is 21.3 Å². The van der Waals surface area contributed by atoms with Crippen molar-refractivity contribution < 1.29 is 4.79 Å². The summed E-state index contributed by atoms with van der Waals surface area (Å²) in [4.78, 5) is 18.5. The number of nitriles is 1. The van der Waals surface area contributed by atoms with Crippen molar-refractivity contribution in [1.82, 2.24) is 20.1 Å². The molecule has 2 aromatic heterocycles. The number of hydrogen-bond acceptors (Lipinski definition) is 6. The van der Waals surface area contributed by atoms with E-state index in [4.69, 9.17) is 5.26 Å². The van der Waals surface area contributed by atoms with E-state index in [2.05, 4.69) is 32.8 Å². The van der Waals surface area contributed by atoms with Gasteiger partial charge in [0.05, 0.1) is 21.8 Å². The van der Waals surface area contributed by atoms with Crippen molar-refractivity contribution in [3.8, 4) is 17.3 Å². The van der Waals surface area contributed by atoms with Crippen molar-refractivity contribution in [3.63, 3.8) is 0 Å². The number of fused-ring (bicyclic) bond motifs is 1. The second-order valence-electron chi connectivity index (χ2n) is 6.53. The number of nitrogens with zero attached hydrogens (tertiary/aromatic N) is 4. The van der Waals surface area contributed by atoms with E-state index in [1.165, 1.54) is 11.3 Å². The second kappa shape index (κ2) is 6.42. The van der Waals surface area contributed by atoms with Crippen LogP contribution in [-0.2, 0) is 4.79 Å². The molecule has 3 aromatic rings. The molecule has 0 bridgehead atoms. The minimum absolute atomic E-state index is 0.0662. The van der Waals surface area contributed by atoms with E-state index in [9.17, 15) is 4.79 Å². The molecule has 8 heteroatoms. The first-order valence-corrected chi connectivity index (χ1v) is 9.25. The second-order valence-corrected chi connectivity index (χ2v) is 7.56. The summed E-state index contributed by atoms with van der Waals surface area (Å²) in [6, 6.07) is 6.08. The summed E-state index contributed by atoms with van der Waals surface area (Å²) in [6.45, 7) is 5.11. The first-order valence-electron chi connectivity index (χ1n) is 8.43. The number of H-pyrrole nitrogens is 1. The van der Waals surface area contributed by atoms with E-state index in [0.29, 0.717) is 24.6 Å². The number of amides is 1. The van der Waals surface area contributed by atoms with Crippen molar-refractivity contribution in [2.75, 3.05) is 18.4 Å². The first kappa shape index (κ1) is 16.5. The Bertz CT molecular complexity index is 1010. The Kier molecular flexibility index (Phi) is 4.09. The van der Waals surface area contributed by atoms with Crippen LogP contribution in [0.2, 0.25) is 0 Å². The average Bonchev–Trinajstić information content (AvgIpc) is 3.32. The van der Waals surface area contributed by atoms with Crippen LogP contribution in [0.4, 0.5) is 5.13 Å². The molecule has 26 heavy (non-hydrogen) atoms. The predicted octanol–water partition coefficient (Wildman–Crippen LogP) is 3.04. The van der Waals surface area contributed by atoms with Gasteiger partial charge in [-0.3, -0.25) is 9.89 Å². The van der Waals surface area contributed by atoms with Crippen LogP contribution in [0.3, 0.4) is 0 Å². The summed E-state index contributed by atoms with van der Waals surface area (Å²) >= 11 is 1.46. The maximum absolute atomic E-state index is 12.4. The lowest BCUT2D eigenvalue weighted by Gasteiger charge is -2.08. The Labute approximate surface area is 154 Å². The number of carbonyl (C=O) groups excluding carboxylic acids is 1. The van der Waals surface area contributed by atoms with Gasteiger partial charge in [-0.1, -0.05) is 17.4 Å². The highest BCUT2D eigenvalue weighted by molar-refractivity contribution is 7.22. The van der Waals surface area contributed by atoms with Crippen LogP contribution in [0, 0.1) is 31.2 Å². The molecular weight excluding hydrogens is 348 g/mol. The first-order chi connectivity index (χ1) is 12.5. The molecule has 0 unspecified atom stereocenters. The quantitative estimate of drug-likeness (QED) is 0.694. The highest BCUT2D eigenvalue weighted by atomic mass is 32.1. The molecule has 7 nitrogen and oxygen atoms in total. The topological polar surface area (TPSA) is 97.7 Å². The fourth-order valence-electron chi connectivity index (χ4n) is 3.38. The molecular formula is C18H18N6OS. The van der Waals surface area contributed by atoms with Gasteiger partial charge in [-0.25, -0.2) is 4.98 Å². The third-order valence-electron chi connectivity index (χ3n) is 4.74. The Hall–Kier alpha value is -2.92. The molecule has 0 aliphatic carbocycles. The minimum atomic E-state index is -0.159. The summed E-state index contributed by atoms with van der Waals surface area (Å²) in [5.74, 6) is -0.225. The van der Waals surface area contributed by atoms with Gasteiger partial charge < -0.3 is 10.2 Å². The van der Waals surface area contributed by atoms with E-state index < -0.39 is 0 Å². The number of rotatable bonds is 3. The molecule has 0 spiro atoms. The molecule has 1 saturated heterocycles. The number of carbonyl (C=O) groups is 1. The predicted molar refractivity (Wildman–Crippen MR) is 101 cm³/mol. The normalized spacial score (nSPS) is 16.8. The SMILES string of the molecule is Cc1n[nH]c(C)c1-c1ccc2nc(NC(=O)[C@H]3CCN(C#N)C3)sc2c1. The van der Waals surface area contributed by atoms with Crippen LogP contribution >= 0.6 is 11.3 Å². The largest absolute Gasteiger partial charge is 0.310 e. The zero-order valence-electron chi connectivity index (χ0n) is 14.5. The van der Waals surface area contributed by atoms with E-state index >= 15 is 0 Å². The van der Waals surface area contributed by atoms with Gasteiger partial charge in [-0.05, 0) is 38.0 Å². The van der Waals surface area contributed by atoms with E-state index in [1.54, 1.807) is 4.90 Å². The lowest BCUT2D eigenvalue weighted by Crippen LogP contribution is -2.25. The van der Waals surface area contributed by atoms with Crippen LogP contribution in [0.1, 0.15) is 17.8 Å². The maximum Gasteiger partial charge on any atom is 0.231 e. The molecule has 1 aliphatic heterocycles. The lowest BCUT2D eigenvalue weighted by molar-refractivity contribution is -0.119. The highest BCUT2D eigenvalue weighted by Crippen LogP contribution is 2.33. The number of aromatic nitrogens is 3. The third-order valence-corrected chi connectivity index (χ3v) is 5.67. The van der Waals surface area contributed by atoms with E-state index in [-0.39, 0.29) is 11.8 Å². The Morgan fingerprint density at radius 1 is 1.46 bits per heavy atom. The molecule has 0 radical (unpaired) electrons. The van der Waals surface area contributed by atoms with Crippen LogP contribution in [0.5, 0.6) is 0 Å². The maximum atomic E-state index is 12.4. The number of likely N-dealkylation sites (tertiary alicyclic amines) is 1. The monoisotopic (exact) mass is 366 g/mol. The van der Waals surface area contributed by atoms with Gasteiger partial charge in [-0.15, -0.1) is 0 Å². The molecule has 3 heterocycles. The number of thiazole rings is 1.